The van der Waals surface area contributed by atoms with Crippen molar-refractivity contribution in [3.8, 4) is 11.1 Å². The predicted octanol–water partition coefficient (Wildman–Crippen LogP) is 3.88. The molecule has 0 aliphatic heterocycles. The summed E-state index contributed by atoms with van der Waals surface area (Å²) in [5.41, 5.74) is 5.29. The van der Waals surface area contributed by atoms with Gasteiger partial charge in [-0.05, 0) is 36.6 Å². The van der Waals surface area contributed by atoms with Crippen molar-refractivity contribution in [2.75, 3.05) is 0 Å². The summed E-state index contributed by atoms with van der Waals surface area (Å²) in [4.78, 5) is 4.21. The third-order valence-electron chi connectivity index (χ3n) is 2.73. The molecule has 0 aliphatic rings. The maximum atomic E-state index is 9.32. The summed E-state index contributed by atoms with van der Waals surface area (Å²) in [6.07, 6.45) is 1.75. The van der Waals surface area contributed by atoms with E-state index in [2.05, 4.69) is 24.0 Å². The molecule has 0 saturated carbocycles. The standard InChI is InChI=1S/C14H15NO.C2H6/c1-10-5-3-4-6-13(10)14-7-11(2)15-8-12(14)9-16;1-2/h3-8,16H,9H2,1-2H3;1-2H3. The first kappa shape index (κ1) is 14.4. The molecular formula is C16H21NO. The molecule has 0 unspecified atom stereocenters. The fourth-order valence-corrected chi connectivity index (χ4v) is 1.84. The average molecular weight is 243 g/mol. The SMILES string of the molecule is CC.Cc1cc(-c2ccccc2C)c(CO)cn1. The predicted molar refractivity (Wildman–Crippen MR) is 76.4 cm³/mol. The number of hydrogen-bond acceptors (Lipinski definition) is 2. The van der Waals surface area contributed by atoms with E-state index in [9.17, 15) is 5.11 Å². The van der Waals surface area contributed by atoms with Crippen molar-refractivity contribution in [3.05, 3.63) is 53.3 Å². The maximum absolute atomic E-state index is 9.32. The molecule has 0 radical (unpaired) electrons. The Labute approximate surface area is 109 Å². The van der Waals surface area contributed by atoms with Gasteiger partial charge < -0.3 is 5.11 Å². The first-order valence-corrected chi connectivity index (χ1v) is 6.34. The number of aliphatic hydroxyl groups excluding tert-OH is 1. The molecule has 1 heterocycles. The Kier molecular flexibility index (Phi) is 5.53. The van der Waals surface area contributed by atoms with Crippen LogP contribution in [0, 0.1) is 13.8 Å². The molecule has 0 fully saturated rings. The Morgan fingerprint density at radius 3 is 2.33 bits per heavy atom. The lowest BCUT2D eigenvalue weighted by atomic mass is 9.97. The second-order valence-corrected chi connectivity index (χ2v) is 3.96. The third-order valence-corrected chi connectivity index (χ3v) is 2.73. The lowest BCUT2D eigenvalue weighted by Gasteiger charge is -2.10. The molecule has 0 saturated heterocycles. The molecule has 0 bridgehead atoms. The topological polar surface area (TPSA) is 33.1 Å². The molecule has 2 nitrogen and oxygen atoms in total. The van der Waals surface area contributed by atoms with E-state index in [0.717, 1.165) is 22.4 Å². The van der Waals surface area contributed by atoms with Gasteiger partial charge in [-0.2, -0.15) is 0 Å². The normalized spacial score (nSPS) is 9.61. The van der Waals surface area contributed by atoms with Gasteiger partial charge in [0.25, 0.3) is 0 Å². The van der Waals surface area contributed by atoms with E-state index < -0.39 is 0 Å². The van der Waals surface area contributed by atoms with E-state index in [1.807, 2.05) is 39.0 Å². The molecule has 0 aliphatic carbocycles. The second kappa shape index (κ2) is 6.92. The van der Waals surface area contributed by atoms with Crippen molar-refractivity contribution >= 4 is 0 Å². The van der Waals surface area contributed by atoms with Crippen molar-refractivity contribution < 1.29 is 5.11 Å². The highest BCUT2D eigenvalue weighted by molar-refractivity contribution is 5.70. The summed E-state index contributed by atoms with van der Waals surface area (Å²) in [7, 11) is 0. The summed E-state index contributed by atoms with van der Waals surface area (Å²) >= 11 is 0. The van der Waals surface area contributed by atoms with Crippen LogP contribution in [0.15, 0.2) is 36.5 Å². The Hall–Kier alpha value is -1.67. The molecule has 0 atom stereocenters. The molecule has 2 heteroatoms. The molecule has 1 N–H and O–H groups in total. The molecule has 1 aromatic heterocycles. The van der Waals surface area contributed by atoms with Crippen LogP contribution in [0.5, 0.6) is 0 Å². The zero-order valence-electron chi connectivity index (χ0n) is 11.6. The molecule has 0 spiro atoms. The second-order valence-electron chi connectivity index (χ2n) is 3.96. The van der Waals surface area contributed by atoms with Gasteiger partial charge in [-0.3, -0.25) is 4.98 Å². The lowest BCUT2D eigenvalue weighted by molar-refractivity contribution is 0.282. The van der Waals surface area contributed by atoms with E-state index in [0.29, 0.717) is 0 Å². The fraction of sp³-hybridized carbons (Fsp3) is 0.312. The van der Waals surface area contributed by atoms with Crippen LogP contribution in [-0.2, 0) is 6.61 Å². The zero-order valence-corrected chi connectivity index (χ0v) is 11.6. The van der Waals surface area contributed by atoms with Gasteiger partial charge in [-0.15, -0.1) is 0 Å². The first-order valence-electron chi connectivity index (χ1n) is 6.34. The molecule has 1 aromatic carbocycles. The Bertz CT molecular complexity index is 506. The number of aliphatic hydroxyl groups is 1. The first-order chi connectivity index (χ1) is 8.72. The minimum absolute atomic E-state index is 0.0247. The summed E-state index contributed by atoms with van der Waals surface area (Å²) in [5.74, 6) is 0. The van der Waals surface area contributed by atoms with E-state index in [-0.39, 0.29) is 6.61 Å². The molecule has 96 valence electrons. The number of nitrogens with zero attached hydrogens (tertiary/aromatic N) is 1. The summed E-state index contributed by atoms with van der Waals surface area (Å²) in [5, 5.41) is 9.32. The van der Waals surface area contributed by atoms with Crippen molar-refractivity contribution in [2.45, 2.75) is 34.3 Å². The van der Waals surface area contributed by atoms with Crippen LogP contribution in [0.25, 0.3) is 11.1 Å². The van der Waals surface area contributed by atoms with Crippen LogP contribution in [0.3, 0.4) is 0 Å². The number of pyridine rings is 1. The van der Waals surface area contributed by atoms with Crippen molar-refractivity contribution in [1.82, 2.24) is 4.98 Å². The minimum Gasteiger partial charge on any atom is -0.392 e. The number of aryl methyl sites for hydroxylation is 2. The van der Waals surface area contributed by atoms with Crippen LogP contribution in [0.1, 0.15) is 30.7 Å². The van der Waals surface area contributed by atoms with Crippen molar-refractivity contribution in [1.29, 1.82) is 0 Å². The van der Waals surface area contributed by atoms with Gasteiger partial charge in [-0.25, -0.2) is 0 Å². The van der Waals surface area contributed by atoms with Crippen LogP contribution >= 0.6 is 0 Å². The van der Waals surface area contributed by atoms with Gasteiger partial charge in [0.2, 0.25) is 0 Å². The average Bonchev–Trinajstić information content (AvgIpc) is 2.41. The molecule has 2 rings (SSSR count). The van der Waals surface area contributed by atoms with E-state index in [4.69, 9.17) is 0 Å². The number of rotatable bonds is 2. The van der Waals surface area contributed by atoms with Crippen LogP contribution in [-0.4, -0.2) is 10.1 Å². The number of hydrogen-bond donors (Lipinski definition) is 1. The number of benzene rings is 1. The summed E-state index contributed by atoms with van der Waals surface area (Å²) in [6, 6.07) is 10.2. The molecule has 2 aromatic rings. The summed E-state index contributed by atoms with van der Waals surface area (Å²) in [6.45, 7) is 8.06. The monoisotopic (exact) mass is 243 g/mol. The van der Waals surface area contributed by atoms with Gasteiger partial charge in [0.15, 0.2) is 0 Å². The van der Waals surface area contributed by atoms with Gasteiger partial charge in [0.05, 0.1) is 6.61 Å². The van der Waals surface area contributed by atoms with Crippen molar-refractivity contribution in [3.63, 3.8) is 0 Å². The Balaban J connectivity index is 0.000000771. The molecule has 18 heavy (non-hydrogen) atoms. The Morgan fingerprint density at radius 1 is 1.06 bits per heavy atom. The minimum atomic E-state index is 0.0247. The van der Waals surface area contributed by atoms with Crippen molar-refractivity contribution in [2.24, 2.45) is 0 Å². The molecule has 0 amide bonds. The highest BCUT2D eigenvalue weighted by atomic mass is 16.3. The lowest BCUT2D eigenvalue weighted by Crippen LogP contribution is -1.94. The van der Waals surface area contributed by atoms with E-state index in [1.165, 1.54) is 5.56 Å². The van der Waals surface area contributed by atoms with Gasteiger partial charge in [0.1, 0.15) is 0 Å². The highest BCUT2D eigenvalue weighted by Crippen LogP contribution is 2.26. The molecular weight excluding hydrogens is 222 g/mol. The van der Waals surface area contributed by atoms with Crippen LogP contribution in [0.2, 0.25) is 0 Å². The Morgan fingerprint density at radius 2 is 1.72 bits per heavy atom. The van der Waals surface area contributed by atoms with E-state index in [1.54, 1.807) is 6.20 Å². The quantitative estimate of drug-likeness (QED) is 0.868. The summed E-state index contributed by atoms with van der Waals surface area (Å²) < 4.78 is 0. The van der Waals surface area contributed by atoms with Crippen LogP contribution in [0.4, 0.5) is 0 Å². The number of aromatic nitrogens is 1. The third kappa shape index (κ3) is 3.17. The van der Waals surface area contributed by atoms with Gasteiger partial charge >= 0.3 is 0 Å². The van der Waals surface area contributed by atoms with Gasteiger partial charge in [-0.1, -0.05) is 38.1 Å². The maximum Gasteiger partial charge on any atom is 0.0702 e. The smallest absolute Gasteiger partial charge is 0.0702 e. The van der Waals surface area contributed by atoms with Crippen LogP contribution < -0.4 is 0 Å². The zero-order chi connectivity index (χ0) is 13.5. The van der Waals surface area contributed by atoms with E-state index >= 15 is 0 Å². The fourth-order valence-electron chi connectivity index (χ4n) is 1.84. The largest absolute Gasteiger partial charge is 0.392 e. The highest BCUT2D eigenvalue weighted by Gasteiger charge is 2.07. The van der Waals surface area contributed by atoms with Gasteiger partial charge in [0, 0.05) is 17.5 Å².